The second kappa shape index (κ2) is 3.01. The second-order valence-electron chi connectivity index (χ2n) is 2.38. The summed E-state index contributed by atoms with van der Waals surface area (Å²) in [6.07, 6.45) is 1.70. The minimum absolute atomic E-state index is 0.392. The third kappa shape index (κ3) is 1.29. The van der Waals surface area contributed by atoms with Gasteiger partial charge < -0.3 is 4.57 Å². The van der Waals surface area contributed by atoms with Gasteiger partial charge in [0.05, 0.1) is 5.88 Å². The topological polar surface area (TPSA) is 30.7 Å². The van der Waals surface area contributed by atoms with Crippen LogP contribution in [-0.4, -0.2) is 14.8 Å². The fourth-order valence-corrected chi connectivity index (χ4v) is 0.985. The van der Waals surface area contributed by atoms with Crippen LogP contribution in [0.25, 0.3) is 0 Å². The van der Waals surface area contributed by atoms with Crippen molar-refractivity contribution in [2.45, 2.75) is 25.8 Å². The molecule has 0 saturated heterocycles. The lowest BCUT2D eigenvalue weighted by Crippen LogP contribution is -2.03. The number of hydrogen-bond donors (Lipinski definition) is 0. The molecule has 0 bridgehead atoms. The molecule has 0 spiro atoms. The second-order valence-corrected chi connectivity index (χ2v) is 2.65. The molecule has 0 atom stereocenters. The van der Waals surface area contributed by atoms with Crippen LogP contribution < -0.4 is 0 Å². The Labute approximate surface area is 65.0 Å². The van der Waals surface area contributed by atoms with Crippen molar-refractivity contribution >= 4 is 11.6 Å². The first-order valence-electron chi connectivity index (χ1n) is 3.20. The first-order chi connectivity index (χ1) is 4.75. The fraction of sp³-hybridized carbons (Fsp3) is 0.667. The monoisotopic (exact) mass is 159 g/mol. The molecule has 56 valence electrons. The highest BCUT2D eigenvalue weighted by Crippen LogP contribution is 2.07. The van der Waals surface area contributed by atoms with Crippen LogP contribution in [0.15, 0.2) is 6.33 Å². The summed E-state index contributed by atoms with van der Waals surface area (Å²) in [7, 11) is 0. The van der Waals surface area contributed by atoms with Crippen molar-refractivity contribution in [3.63, 3.8) is 0 Å². The Bertz CT molecular complexity index is 207. The van der Waals surface area contributed by atoms with Gasteiger partial charge in [0.15, 0.2) is 0 Å². The first-order valence-corrected chi connectivity index (χ1v) is 3.73. The summed E-state index contributed by atoms with van der Waals surface area (Å²) in [6.45, 7) is 4.14. The van der Waals surface area contributed by atoms with Crippen molar-refractivity contribution in [1.82, 2.24) is 14.8 Å². The zero-order valence-corrected chi connectivity index (χ0v) is 6.84. The molecule has 3 nitrogen and oxygen atoms in total. The summed E-state index contributed by atoms with van der Waals surface area (Å²) in [4.78, 5) is 0. The molecule has 0 radical (unpaired) electrons. The lowest BCUT2D eigenvalue weighted by molar-refractivity contribution is 0.579. The molecule has 0 aliphatic rings. The Hall–Kier alpha value is -0.570. The highest BCUT2D eigenvalue weighted by Gasteiger charge is 2.03. The van der Waals surface area contributed by atoms with Crippen molar-refractivity contribution in [3.8, 4) is 0 Å². The zero-order chi connectivity index (χ0) is 7.56. The van der Waals surface area contributed by atoms with E-state index >= 15 is 0 Å². The van der Waals surface area contributed by atoms with E-state index in [1.54, 1.807) is 6.33 Å². The number of nitrogens with zero attached hydrogens (tertiary/aromatic N) is 3. The average molecular weight is 160 g/mol. The highest BCUT2D eigenvalue weighted by atomic mass is 35.5. The number of hydrogen-bond acceptors (Lipinski definition) is 2. The van der Waals surface area contributed by atoms with Gasteiger partial charge in [-0.15, -0.1) is 21.8 Å². The molecule has 1 aromatic heterocycles. The first kappa shape index (κ1) is 7.54. The quantitative estimate of drug-likeness (QED) is 0.614. The maximum Gasteiger partial charge on any atom is 0.147 e. The molecule has 0 unspecified atom stereocenters. The minimum atomic E-state index is 0.392. The van der Waals surface area contributed by atoms with E-state index in [4.69, 9.17) is 11.6 Å². The third-order valence-electron chi connectivity index (χ3n) is 1.32. The molecule has 0 amide bonds. The molecule has 1 rings (SSSR count). The van der Waals surface area contributed by atoms with Gasteiger partial charge in [-0.2, -0.15) is 0 Å². The normalized spacial score (nSPS) is 10.8. The van der Waals surface area contributed by atoms with Gasteiger partial charge in [-0.25, -0.2) is 0 Å². The van der Waals surface area contributed by atoms with Crippen molar-refractivity contribution in [2.75, 3.05) is 0 Å². The number of aromatic nitrogens is 3. The molecule has 0 N–H and O–H groups in total. The lowest BCUT2D eigenvalue weighted by atomic mass is 10.4. The molecular weight excluding hydrogens is 150 g/mol. The van der Waals surface area contributed by atoms with Gasteiger partial charge in [0.2, 0.25) is 0 Å². The lowest BCUT2D eigenvalue weighted by Gasteiger charge is -2.06. The van der Waals surface area contributed by atoms with Gasteiger partial charge >= 0.3 is 0 Å². The third-order valence-corrected chi connectivity index (χ3v) is 1.56. The fourth-order valence-electron chi connectivity index (χ4n) is 0.793. The van der Waals surface area contributed by atoms with Crippen molar-refractivity contribution in [1.29, 1.82) is 0 Å². The summed E-state index contributed by atoms with van der Waals surface area (Å²) < 4.78 is 1.95. The van der Waals surface area contributed by atoms with Crippen LogP contribution in [0, 0.1) is 0 Å². The predicted octanol–water partition coefficient (Wildman–Crippen LogP) is 1.60. The van der Waals surface area contributed by atoms with Crippen molar-refractivity contribution in [3.05, 3.63) is 12.2 Å². The molecular formula is C6H10ClN3. The highest BCUT2D eigenvalue weighted by molar-refractivity contribution is 6.16. The Balaban J connectivity index is 2.90. The van der Waals surface area contributed by atoms with Crippen LogP contribution in [0.2, 0.25) is 0 Å². The number of halogens is 1. The maximum atomic E-state index is 5.59. The Morgan fingerprint density at radius 2 is 2.40 bits per heavy atom. The molecule has 0 aromatic carbocycles. The van der Waals surface area contributed by atoms with Gasteiger partial charge in [-0.3, -0.25) is 0 Å². The Morgan fingerprint density at radius 3 is 2.80 bits per heavy atom. The zero-order valence-electron chi connectivity index (χ0n) is 6.08. The minimum Gasteiger partial charge on any atom is -0.314 e. The number of rotatable bonds is 2. The van der Waals surface area contributed by atoms with Crippen LogP contribution in [0.5, 0.6) is 0 Å². The van der Waals surface area contributed by atoms with Gasteiger partial charge in [-0.05, 0) is 13.8 Å². The molecule has 1 heterocycles. The van der Waals surface area contributed by atoms with E-state index in [-0.39, 0.29) is 0 Å². The van der Waals surface area contributed by atoms with Crippen LogP contribution in [0.4, 0.5) is 0 Å². The predicted molar refractivity (Wildman–Crippen MR) is 40.0 cm³/mol. The smallest absolute Gasteiger partial charge is 0.147 e. The van der Waals surface area contributed by atoms with Gasteiger partial charge in [-0.1, -0.05) is 0 Å². The molecule has 0 saturated carbocycles. The van der Waals surface area contributed by atoms with Gasteiger partial charge in [0.1, 0.15) is 12.2 Å². The van der Waals surface area contributed by atoms with Gasteiger partial charge in [0.25, 0.3) is 0 Å². The largest absolute Gasteiger partial charge is 0.314 e. The van der Waals surface area contributed by atoms with E-state index in [1.165, 1.54) is 0 Å². The Morgan fingerprint density at radius 1 is 1.70 bits per heavy atom. The number of alkyl halides is 1. The van der Waals surface area contributed by atoms with Crippen molar-refractivity contribution < 1.29 is 0 Å². The van der Waals surface area contributed by atoms with E-state index < -0.39 is 0 Å². The summed E-state index contributed by atoms with van der Waals surface area (Å²) in [5.74, 6) is 1.26. The van der Waals surface area contributed by atoms with E-state index in [9.17, 15) is 0 Å². The summed E-state index contributed by atoms with van der Waals surface area (Å²) in [5, 5.41) is 7.58. The summed E-state index contributed by atoms with van der Waals surface area (Å²) in [5.41, 5.74) is 0. The molecule has 1 aromatic rings. The summed E-state index contributed by atoms with van der Waals surface area (Å²) >= 11 is 5.59. The molecule has 0 aliphatic carbocycles. The van der Waals surface area contributed by atoms with Crippen molar-refractivity contribution in [2.24, 2.45) is 0 Å². The molecule has 0 fully saturated rings. The molecule has 4 heteroatoms. The van der Waals surface area contributed by atoms with Crippen LogP contribution in [0.1, 0.15) is 25.7 Å². The SMILES string of the molecule is CC(C)n1cnnc1CCl. The van der Waals surface area contributed by atoms with E-state index in [0.29, 0.717) is 11.9 Å². The summed E-state index contributed by atoms with van der Waals surface area (Å²) in [6, 6.07) is 0.392. The molecule has 10 heavy (non-hydrogen) atoms. The van der Waals surface area contributed by atoms with Crippen LogP contribution in [0.3, 0.4) is 0 Å². The average Bonchev–Trinajstić information content (AvgIpc) is 2.33. The van der Waals surface area contributed by atoms with Gasteiger partial charge in [0, 0.05) is 6.04 Å². The van der Waals surface area contributed by atoms with E-state index in [2.05, 4.69) is 24.0 Å². The van der Waals surface area contributed by atoms with Crippen LogP contribution >= 0.6 is 11.6 Å². The van der Waals surface area contributed by atoms with E-state index in [0.717, 1.165) is 5.82 Å². The molecule has 0 aliphatic heterocycles. The standard InChI is InChI=1S/C6H10ClN3/c1-5(2)10-4-8-9-6(10)3-7/h4-5H,3H2,1-2H3. The maximum absolute atomic E-state index is 5.59. The Kier molecular flexibility index (Phi) is 2.27. The van der Waals surface area contributed by atoms with E-state index in [1.807, 2.05) is 4.57 Å². The van der Waals surface area contributed by atoms with Crippen LogP contribution in [-0.2, 0) is 5.88 Å².